The van der Waals surface area contributed by atoms with Gasteiger partial charge in [-0.25, -0.2) is 0 Å². The lowest BCUT2D eigenvalue weighted by Gasteiger charge is -2.22. The van der Waals surface area contributed by atoms with Gasteiger partial charge in [-0.15, -0.1) is 0 Å². The highest BCUT2D eigenvalue weighted by Crippen LogP contribution is 2.28. The van der Waals surface area contributed by atoms with Gasteiger partial charge in [-0.1, -0.05) is 26.0 Å². The van der Waals surface area contributed by atoms with Gasteiger partial charge in [-0.2, -0.15) is 0 Å². The molecule has 0 fully saturated rings. The van der Waals surface area contributed by atoms with E-state index in [0.717, 1.165) is 25.2 Å². The summed E-state index contributed by atoms with van der Waals surface area (Å²) in [6.45, 7) is 12.2. The van der Waals surface area contributed by atoms with Crippen molar-refractivity contribution in [2.75, 3.05) is 19.6 Å². The van der Waals surface area contributed by atoms with E-state index in [9.17, 15) is 5.11 Å². The van der Waals surface area contributed by atoms with Crippen molar-refractivity contribution in [3.8, 4) is 0 Å². The maximum Gasteiger partial charge on any atom is 0.0923 e. The fourth-order valence-corrected chi connectivity index (χ4v) is 2.97. The van der Waals surface area contributed by atoms with Gasteiger partial charge in [-0.3, -0.25) is 0 Å². The van der Waals surface area contributed by atoms with E-state index in [4.69, 9.17) is 0 Å². The monoisotopic (exact) mass is 274 g/mol. The predicted molar refractivity (Wildman–Crippen MR) is 85.1 cm³/mol. The van der Waals surface area contributed by atoms with E-state index >= 15 is 0 Å². The van der Waals surface area contributed by atoms with Crippen LogP contribution in [0.1, 0.15) is 38.1 Å². The fourth-order valence-electron chi connectivity index (χ4n) is 2.97. The molecule has 1 atom stereocenters. The molecule has 3 nitrogen and oxygen atoms in total. The Labute approximate surface area is 121 Å². The van der Waals surface area contributed by atoms with Gasteiger partial charge in [0.15, 0.2) is 0 Å². The molecule has 1 unspecified atom stereocenters. The summed E-state index contributed by atoms with van der Waals surface area (Å²) < 4.78 is 2.29. The lowest BCUT2D eigenvalue weighted by molar-refractivity contribution is 0.120. The smallest absolute Gasteiger partial charge is 0.0923 e. The molecule has 20 heavy (non-hydrogen) atoms. The summed E-state index contributed by atoms with van der Waals surface area (Å²) in [6.07, 6.45) is -0.425. The number of nitrogens with zero attached hydrogens (tertiary/aromatic N) is 2. The van der Waals surface area contributed by atoms with E-state index in [0.29, 0.717) is 6.54 Å². The van der Waals surface area contributed by atoms with Crippen LogP contribution >= 0.6 is 0 Å². The summed E-state index contributed by atoms with van der Waals surface area (Å²) in [6, 6.07) is 8.43. The molecule has 2 aromatic rings. The highest BCUT2D eigenvalue weighted by atomic mass is 16.3. The van der Waals surface area contributed by atoms with E-state index in [2.05, 4.69) is 61.4 Å². The van der Waals surface area contributed by atoms with Crippen molar-refractivity contribution in [2.45, 2.75) is 40.3 Å². The zero-order valence-electron chi connectivity index (χ0n) is 13.1. The highest BCUT2D eigenvalue weighted by molar-refractivity contribution is 5.85. The summed E-state index contributed by atoms with van der Waals surface area (Å²) in [5.74, 6) is 0. The van der Waals surface area contributed by atoms with Gasteiger partial charge >= 0.3 is 0 Å². The fraction of sp³-hybridized carbons (Fsp3) is 0.529. The first-order valence-electron chi connectivity index (χ1n) is 7.61. The number of likely N-dealkylation sites (N-methyl/N-ethyl adjacent to an activating group) is 1. The molecule has 0 aliphatic rings. The third-order valence-electron chi connectivity index (χ3n) is 4.19. The van der Waals surface area contributed by atoms with Gasteiger partial charge in [-0.05, 0) is 44.6 Å². The van der Waals surface area contributed by atoms with Crippen LogP contribution in [0.15, 0.2) is 24.3 Å². The van der Waals surface area contributed by atoms with Crippen molar-refractivity contribution < 1.29 is 5.11 Å². The molecule has 3 heteroatoms. The molecule has 0 bridgehead atoms. The number of aliphatic hydroxyl groups excluding tert-OH is 1. The summed E-state index contributed by atoms with van der Waals surface area (Å²) in [5, 5.41) is 11.8. The second-order valence-electron chi connectivity index (χ2n) is 5.31. The average Bonchev–Trinajstić information content (AvgIpc) is 2.79. The molecule has 1 N–H and O–H groups in total. The third-order valence-corrected chi connectivity index (χ3v) is 4.19. The molecular weight excluding hydrogens is 248 g/mol. The van der Waals surface area contributed by atoms with Crippen LogP contribution in [0, 0.1) is 6.92 Å². The average molecular weight is 274 g/mol. The van der Waals surface area contributed by atoms with Gasteiger partial charge in [0.1, 0.15) is 0 Å². The summed E-state index contributed by atoms with van der Waals surface area (Å²) in [7, 11) is 0. The Balaban J connectivity index is 2.39. The summed E-state index contributed by atoms with van der Waals surface area (Å²) >= 11 is 0. The molecule has 0 amide bonds. The van der Waals surface area contributed by atoms with E-state index in [1.165, 1.54) is 16.6 Å². The van der Waals surface area contributed by atoms with Gasteiger partial charge in [0.2, 0.25) is 0 Å². The van der Waals surface area contributed by atoms with Crippen LogP contribution in [0.25, 0.3) is 10.9 Å². The van der Waals surface area contributed by atoms with Crippen molar-refractivity contribution in [1.82, 2.24) is 9.47 Å². The molecule has 0 saturated carbocycles. The highest BCUT2D eigenvalue weighted by Gasteiger charge is 2.16. The standard InChI is InChI=1S/C17H26N2O/c1-5-18(6-2)12-17(20)14-9-8-10-16-15(14)11-13(4)19(16)7-3/h8-11,17,20H,5-7,12H2,1-4H3. The Morgan fingerprint density at radius 1 is 1.20 bits per heavy atom. The molecule has 0 aliphatic heterocycles. The van der Waals surface area contributed by atoms with Crippen LogP contribution < -0.4 is 0 Å². The van der Waals surface area contributed by atoms with Crippen LogP contribution in [0.3, 0.4) is 0 Å². The Morgan fingerprint density at radius 2 is 1.90 bits per heavy atom. The van der Waals surface area contributed by atoms with Crippen molar-refractivity contribution in [2.24, 2.45) is 0 Å². The number of hydrogen-bond donors (Lipinski definition) is 1. The second kappa shape index (κ2) is 6.42. The molecule has 1 aromatic heterocycles. The van der Waals surface area contributed by atoms with Crippen molar-refractivity contribution in [1.29, 1.82) is 0 Å². The molecular formula is C17H26N2O. The van der Waals surface area contributed by atoms with E-state index in [-0.39, 0.29) is 0 Å². The number of fused-ring (bicyclic) bond motifs is 1. The number of benzene rings is 1. The first-order chi connectivity index (χ1) is 9.62. The molecule has 1 heterocycles. The minimum absolute atomic E-state index is 0.425. The van der Waals surface area contributed by atoms with Gasteiger partial charge in [0.05, 0.1) is 6.10 Å². The van der Waals surface area contributed by atoms with Crippen LogP contribution in [-0.2, 0) is 6.54 Å². The molecule has 1 aromatic carbocycles. The maximum atomic E-state index is 10.6. The van der Waals surface area contributed by atoms with Gasteiger partial charge < -0.3 is 14.6 Å². The van der Waals surface area contributed by atoms with Crippen molar-refractivity contribution >= 4 is 10.9 Å². The lowest BCUT2D eigenvalue weighted by Crippen LogP contribution is -2.28. The van der Waals surface area contributed by atoms with Gasteiger partial charge in [0.25, 0.3) is 0 Å². The molecule has 0 saturated heterocycles. The number of aliphatic hydroxyl groups is 1. The van der Waals surface area contributed by atoms with Crippen molar-refractivity contribution in [3.63, 3.8) is 0 Å². The zero-order valence-corrected chi connectivity index (χ0v) is 13.1. The lowest BCUT2D eigenvalue weighted by atomic mass is 10.0. The van der Waals surface area contributed by atoms with Crippen LogP contribution in [0.2, 0.25) is 0 Å². The number of aromatic nitrogens is 1. The minimum atomic E-state index is -0.425. The normalized spacial score (nSPS) is 13.3. The van der Waals surface area contributed by atoms with Crippen LogP contribution in [0.5, 0.6) is 0 Å². The molecule has 2 rings (SSSR count). The molecule has 0 aliphatic carbocycles. The Morgan fingerprint density at radius 3 is 2.50 bits per heavy atom. The van der Waals surface area contributed by atoms with Gasteiger partial charge in [0, 0.05) is 29.7 Å². The number of rotatable bonds is 6. The maximum absolute atomic E-state index is 10.6. The molecule has 110 valence electrons. The van der Waals surface area contributed by atoms with Crippen LogP contribution in [0.4, 0.5) is 0 Å². The third kappa shape index (κ3) is 2.74. The topological polar surface area (TPSA) is 28.4 Å². The van der Waals surface area contributed by atoms with E-state index in [1.807, 2.05) is 0 Å². The summed E-state index contributed by atoms with van der Waals surface area (Å²) in [4.78, 5) is 2.26. The summed E-state index contributed by atoms with van der Waals surface area (Å²) in [5.41, 5.74) is 3.52. The van der Waals surface area contributed by atoms with E-state index in [1.54, 1.807) is 0 Å². The minimum Gasteiger partial charge on any atom is -0.387 e. The number of hydrogen-bond acceptors (Lipinski definition) is 2. The Kier molecular flexibility index (Phi) is 4.84. The Bertz CT molecular complexity index is 570. The largest absolute Gasteiger partial charge is 0.387 e. The SMILES string of the molecule is CCN(CC)CC(O)c1cccc2c1cc(C)n2CC. The Hall–Kier alpha value is -1.32. The first-order valence-corrected chi connectivity index (χ1v) is 7.61. The zero-order chi connectivity index (χ0) is 14.7. The number of aryl methyl sites for hydroxylation is 2. The first kappa shape index (κ1) is 15.1. The van der Waals surface area contributed by atoms with Crippen molar-refractivity contribution in [3.05, 3.63) is 35.5 Å². The quantitative estimate of drug-likeness (QED) is 0.875. The van der Waals surface area contributed by atoms with E-state index < -0.39 is 6.10 Å². The van der Waals surface area contributed by atoms with Crippen LogP contribution in [-0.4, -0.2) is 34.2 Å². The molecule has 0 radical (unpaired) electrons. The predicted octanol–water partition coefficient (Wildman–Crippen LogP) is 3.34. The second-order valence-corrected chi connectivity index (χ2v) is 5.31. The molecule has 0 spiro atoms.